The van der Waals surface area contributed by atoms with Gasteiger partial charge in [0.2, 0.25) is 11.6 Å². The van der Waals surface area contributed by atoms with Crippen molar-refractivity contribution in [2.45, 2.75) is 52.0 Å². The van der Waals surface area contributed by atoms with Crippen molar-refractivity contribution in [3.05, 3.63) is 75.3 Å². The van der Waals surface area contributed by atoms with Crippen LogP contribution in [0.25, 0.3) is 34.1 Å². The van der Waals surface area contributed by atoms with Crippen molar-refractivity contribution >= 4 is 22.8 Å². The third-order valence-electron chi connectivity index (χ3n) is 7.77. The molecule has 4 heterocycles. The van der Waals surface area contributed by atoms with Crippen LogP contribution < -0.4 is 5.76 Å². The maximum absolute atomic E-state index is 11.7. The molecule has 1 unspecified atom stereocenters. The molecular formula is C29H27ClN8O2. The summed E-state index contributed by atoms with van der Waals surface area (Å²) in [5.41, 5.74) is 3.94. The monoisotopic (exact) mass is 554 g/mol. The lowest BCUT2D eigenvalue weighted by atomic mass is 9.83. The molecule has 10 nitrogen and oxygen atoms in total. The molecule has 6 rings (SSSR count). The first-order valence-corrected chi connectivity index (χ1v) is 13.7. The third kappa shape index (κ3) is 4.89. The molecule has 1 N–H and O–H groups in total. The largest absolute Gasteiger partial charge is 0.439 e. The van der Waals surface area contributed by atoms with Gasteiger partial charge in [0.25, 0.3) is 0 Å². The Kier molecular flexibility index (Phi) is 6.90. The lowest BCUT2D eigenvalue weighted by Crippen LogP contribution is -2.20. The van der Waals surface area contributed by atoms with E-state index in [2.05, 4.69) is 39.6 Å². The van der Waals surface area contributed by atoms with E-state index >= 15 is 0 Å². The van der Waals surface area contributed by atoms with Gasteiger partial charge in [-0.05, 0) is 42.4 Å². The van der Waals surface area contributed by atoms with Crippen molar-refractivity contribution in [3.8, 4) is 29.0 Å². The summed E-state index contributed by atoms with van der Waals surface area (Å²) in [6.07, 6.45) is 7.87. The molecule has 0 spiro atoms. The van der Waals surface area contributed by atoms with Crippen LogP contribution in [0.3, 0.4) is 0 Å². The SMILES string of the molecule is CC(c1ccccc1C#N)c1nc2nc(-c3noc(=O)[nH]3)nc(-c3cncc(Cl)c3)c2n1C[C@H]1CC[C@H](C)CC1. The Morgan fingerprint density at radius 2 is 1.98 bits per heavy atom. The zero-order chi connectivity index (χ0) is 27.8. The van der Waals surface area contributed by atoms with Crippen LogP contribution in [0.5, 0.6) is 0 Å². The maximum atomic E-state index is 11.7. The van der Waals surface area contributed by atoms with E-state index in [0.717, 1.165) is 42.2 Å². The molecule has 1 aromatic carbocycles. The summed E-state index contributed by atoms with van der Waals surface area (Å²) >= 11 is 6.35. The first-order chi connectivity index (χ1) is 19.4. The molecule has 1 saturated carbocycles. The van der Waals surface area contributed by atoms with E-state index in [-0.39, 0.29) is 17.6 Å². The van der Waals surface area contributed by atoms with Gasteiger partial charge < -0.3 is 4.57 Å². The molecule has 0 aliphatic heterocycles. The van der Waals surface area contributed by atoms with E-state index in [1.165, 1.54) is 12.8 Å². The second kappa shape index (κ2) is 10.7. The van der Waals surface area contributed by atoms with Gasteiger partial charge in [-0.25, -0.2) is 19.7 Å². The van der Waals surface area contributed by atoms with Gasteiger partial charge in [0.05, 0.1) is 16.7 Å². The van der Waals surface area contributed by atoms with E-state index in [4.69, 9.17) is 31.1 Å². The quantitative estimate of drug-likeness (QED) is 0.280. The number of H-pyrrole nitrogens is 1. The lowest BCUT2D eigenvalue weighted by molar-refractivity contribution is 0.264. The van der Waals surface area contributed by atoms with E-state index in [1.807, 2.05) is 24.3 Å². The molecule has 1 aliphatic rings. The summed E-state index contributed by atoms with van der Waals surface area (Å²) in [6, 6.07) is 11.7. The molecule has 0 bridgehead atoms. The highest BCUT2D eigenvalue weighted by Crippen LogP contribution is 2.37. The molecule has 1 fully saturated rings. The predicted molar refractivity (Wildman–Crippen MR) is 149 cm³/mol. The molecule has 11 heteroatoms. The fourth-order valence-corrected chi connectivity index (χ4v) is 5.80. The summed E-state index contributed by atoms with van der Waals surface area (Å²) in [6.45, 7) is 5.10. The minimum Gasteiger partial charge on any atom is -0.324 e. The van der Waals surface area contributed by atoms with Gasteiger partial charge in [-0.2, -0.15) is 5.26 Å². The highest BCUT2D eigenvalue weighted by Gasteiger charge is 2.28. The molecule has 0 amide bonds. The normalized spacial score (nSPS) is 18.1. The number of fused-ring (bicyclic) bond motifs is 1. The van der Waals surface area contributed by atoms with Crippen LogP contribution >= 0.6 is 11.6 Å². The maximum Gasteiger partial charge on any atom is 0.439 e. The fourth-order valence-electron chi connectivity index (χ4n) is 5.63. The Morgan fingerprint density at radius 1 is 1.18 bits per heavy atom. The average molecular weight is 555 g/mol. The van der Waals surface area contributed by atoms with Crippen LogP contribution in [-0.2, 0) is 6.54 Å². The van der Waals surface area contributed by atoms with Gasteiger partial charge in [0.1, 0.15) is 17.0 Å². The van der Waals surface area contributed by atoms with Crippen LogP contribution in [0.2, 0.25) is 5.02 Å². The number of rotatable bonds is 6. The van der Waals surface area contributed by atoms with E-state index in [9.17, 15) is 10.1 Å². The molecule has 4 aromatic heterocycles. The van der Waals surface area contributed by atoms with Crippen molar-refractivity contribution in [1.82, 2.24) is 34.6 Å². The summed E-state index contributed by atoms with van der Waals surface area (Å²) in [4.78, 5) is 33.1. The van der Waals surface area contributed by atoms with Crippen molar-refractivity contribution < 1.29 is 4.52 Å². The lowest BCUT2D eigenvalue weighted by Gasteiger charge is -2.28. The summed E-state index contributed by atoms with van der Waals surface area (Å²) in [5.74, 6) is 1.33. The summed E-state index contributed by atoms with van der Waals surface area (Å²) in [5, 5.41) is 14.1. The Bertz CT molecular complexity index is 1790. The number of halogens is 1. The van der Waals surface area contributed by atoms with Crippen LogP contribution in [0, 0.1) is 23.2 Å². The van der Waals surface area contributed by atoms with Crippen LogP contribution in [-0.4, -0.2) is 34.6 Å². The zero-order valence-corrected chi connectivity index (χ0v) is 22.9. The smallest absolute Gasteiger partial charge is 0.324 e. The third-order valence-corrected chi connectivity index (χ3v) is 7.98. The Balaban J connectivity index is 1.61. The second-order valence-electron chi connectivity index (χ2n) is 10.5. The van der Waals surface area contributed by atoms with Crippen molar-refractivity contribution in [3.63, 3.8) is 0 Å². The first kappa shape index (κ1) is 25.9. The predicted octanol–water partition coefficient (Wildman–Crippen LogP) is 5.73. The topological polar surface area (TPSA) is 139 Å². The Labute approximate surface area is 235 Å². The number of aromatic nitrogens is 7. The number of pyridine rings is 1. The van der Waals surface area contributed by atoms with Crippen molar-refractivity contribution in [2.24, 2.45) is 11.8 Å². The van der Waals surface area contributed by atoms with E-state index < -0.39 is 5.76 Å². The van der Waals surface area contributed by atoms with Crippen LogP contribution in [0.1, 0.15) is 62.4 Å². The van der Waals surface area contributed by atoms with Gasteiger partial charge in [0, 0.05) is 30.4 Å². The Hall–Kier alpha value is -4.36. The van der Waals surface area contributed by atoms with Gasteiger partial charge >= 0.3 is 5.76 Å². The number of nitrogens with one attached hydrogen (secondary N) is 1. The van der Waals surface area contributed by atoms with Gasteiger partial charge in [-0.1, -0.05) is 61.6 Å². The van der Waals surface area contributed by atoms with E-state index in [1.54, 1.807) is 18.5 Å². The van der Waals surface area contributed by atoms with Gasteiger partial charge in [-0.3, -0.25) is 14.5 Å². The molecule has 5 aromatic rings. The van der Waals surface area contributed by atoms with Crippen molar-refractivity contribution in [1.29, 1.82) is 5.26 Å². The number of imidazole rings is 1. The number of hydrogen-bond donors (Lipinski definition) is 1. The fraction of sp³-hybridized carbons (Fsp3) is 0.345. The minimum atomic E-state index is -0.704. The summed E-state index contributed by atoms with van der Waals surface area (Å²) in [7, 11) is 0. The molecule has 40 heavy (non-hydrogen) atoms. The molecule has 202 valence electrons. The number of hydrogen-bond acceptors (Lipinski definition) is 8. The van der Waals surface area contributed by atoms with E-state index in [0.29, 0.717) is 33.4 Å². The number of benzene rings is 1. The van der Waals surface area contributed by atoms with Crippen LogP contribution in [0.15, 0.2) is 52.0 Å². The first-order valence-electron chi connectivity index (χ1n) is 13.4. The summed E-state index contributed by atoms with van der Waals surface area (Å²) < 4.78 is 6.93. The van der Waals surface area contributed by atoms with Gasteiger partial charge in [-0.15, -0.1) is 0 Å². The molecule has 1 aliphatic carbocycles. The molecule has 0 radical (unpaired) electrons. The standard InChI is InChI=1S/C29H27ClN8O2/c1-16-7-9-18(10-8-16)15-38-24-23(20-11-21(30)14-32-13-20)33-26(27-36-29(39)40-37-27)34-25(24)35-28(38)17(2)22-6-4-3-5-19(22)12-31/h3-6,11,13-14,16-18H,7-10,15H2,1-2H3,(H,36,37,39)/t16-,17?,18-. The molecule has 1 atom stereocenters. The highest BCUT2D eigenvalue weighted by atomic mass is 35.5. The Morgan fingerprint density at radius 3 is 2.70 bits per heavy atom. The zero-order valence-electron chi connectivity index (χ0n) is 22.1. The number of aromatic amines is 1. The van der Waals surface area contributed by atoms with Gasteiger partial charge in [0.15, 0.2) is 5.65 Å². The van der Waals surface area contributed by atoms with Crippen LogP contribution in [0.4, 0.5) is 0 Å². The van der Waals surface area contributed by atoms with Crippen molar-refractivity contribution in [2.75, 3.05) is 0 Å². The molecular weight excluding hydrogens is 528 g/mol. The average Bonchev–Trinajstić information content (AvgIpc) is 3.57. The number of nitrogens with zero attached hydrogens (tertiary/aromatic N) is 7. The second-order valence-corrected chi connectivity index (χ2v) is 11.0. The minimum absolute atomic E-state index is 0.100. The molecule has 0 saturated heterocycles. The number of nitriles is 1. The highest BCUT2D eigenvalue weighted by molar-refractivity contribution is 6.30.